The fourth-order valence-corrected chi connectivity index (χ4v) is 2.57. The molecule has 0 aliphatic rings. The normalized spacial score (nSPS) is 11.5. The van der Waals surface area contributed by atoms with E-state index in [4.69, 9.17) is 5.11 Å². The van der Waals surface area contributed by atoms with Gasteiger partial charge in [0.05, 0.1) is 6.33 Å². The Bertz CT molecular complexity index is 755. The van der Waals surface area contributed by atoms with Gasteiger partial charge in [-0.3, -0.25) is 0 Å². The van der Waals surface area contributed by atoms with Crippen LogP contribution in [0.4, 0.5) is 0 Å². The first-order chi connectivity index (χ1) is 9.08. The maximum absolute atomic E-state index is 11.0. The van der Waals surface area contributed by atoms with Gasteiger partial charge in [-0.15, -0.1) is 10.2 Å². The molecule has 0 atom stereocenters. The number of carboxylic acid groups (broad SMARTS) is 1. The lowest BCUT2D eigenvalue weighted by atomic mass is 10.2. The lowest BCUT2D eigenvalue weighted by Crippen LogP contribution is -2.01. The van der Waals surface area contributed by atoms with E-state index in [1.165, 1.54) is 17.7 Å². The maximum atomic E-state index is 11.0. The van der Waals surface area contributed by atoms with Gasteiger partial charge in [0.1, 0.15) is 5.69 Å². The summed E-state index contributed by atoms with van der Waals surface area (Å²) in [5.74, 6) is -0.161. The highest BCUT2D eigenvalue weighted by molar-refractivity contribution is 7.19. The number of carbonyl (C=O) groups is 1. The second-order valence-electron chi connectivity index (χ2n) is 4.25. The minimum absolute atomic E-state index is 0.0453. The molecule has 0 saturated heterocycles. The van der Waals surface area contributed by atoms with Crippen LogP contribution in [0, 0.1) is 0 Å². The number of hydrogen-bond donors (Lipinski definition) is 2. The Kier molecular flexibility index (Phi) is 2.56. The zero-order valence-corrected chi connectivity index (χ0v) is 11.0. The van der Waals surface area contributed by atoms with Crippen molar-refractivity contribution in [2.75, 3.05) is 0 Å². The smallest absolute Gasteiger partial charge is 0.356 e. The molecule has 0 unspecified atom stereocenters. The van der Waals surface area contributed by atoms with Gasteiger partial charge in [-0.05, 0) is 0 Å². The molecule has 0 fully saturated rings. The van der Waals surface area contributed by atoms with Crippen molar-refractivity contribution in [1.29, 1.82) is 0 Å². The van der Waals surface area contributed by atoms with Crippen LogP contribution < -0.4 is 0 Å². The molecule has 2 N–H and O–H groups in total. The quantitative estimate of drug-likeness (QED) is 0.749. The van der Waals surface area contributed by atoms with Crippen LogP contribution in [0.15, 0.2) is 6.33 Å². The summed E-state index contributed by atoms with van der Waals surface area (Å²) in [4.78, 5) is 18.2. The SMILES string of the molecule is CC(C)c1nnc2sc(-c3[nH]cnc3C(=O)O)nn12. The molecule has 3 aromatic heterocycles. The molecular formula is C10H10N6O2S. The van der Waals surface area contributed by atoms with Gasteiger partial charge in [-0.2, -0.15) is 9.61 Å². The maximum Gasteiger partial charge on any atom is 0.356 e. The van der Waals surface area contributed by atoms with Crippen molar-refractivity contribution in [1.82, 2.24) is 29.8 Å². The van der Waals surface area contributed by atoms with E-state index in [2.05, 4.69) is 25.3 Å². The lowest BCUT2D eigenvalue weighted by molar-refractivity contribution is 0.0692. The molecule has 0 aliphatic carbocycles. The number of aromatic nitrogens is 6. The average molecular weight is 278 g/mol. The number of H-pyrrole nitrogens is 1. The zero-order chi connectivity index (χ0) is 13.6. The van der Waals surface area contributed by atoms with Crippen LogP contribution in [-0.4, -0.2) is 40.9 Å². The summed E-state index contributed by atoms with van der Waals surface area (Å²) in [5, 5.41) is 22.0. The van der Waals surface area contributed by atoms with E-state index in [0.29, 0.717) is 15.7 Å². The van der Waals surface area contributed by atoms with E-state index in [0.717, 1.165) is 5.82 Å². The number of fused-ring (bicyclic) bond motifs is 1. The van der Waals surface area contributed by atoms with Crippen molar-refractivity contribution >= 4 is 22.3 Å². The third-order valence-corrected chi connectivity index (χ3v) is 3.50. The molecule has 0 amide bonds. The van der Waals surface area contributed by atoms with Gasteiger partial charge in [0.25, 0.3) is 0 Å². The molecule has 9 heteroatoms. The van der Waals surface area contributed by atoms with E-state index in [1.807, 2.05) is 13.8 Å². The van der Waals surface area contributed by atoms with Crippen molar-refractivity contribution in [3.05, 3.63) is 17.8 Å². The Morgan fingerprint density at radius 2 is 2.26 bits per heavy atom. The molecule has 3 aromatic rings. The standard InChI is InChI=1S/C10H10N6O2S/c1-4(2)7-13-14-10-16(7)15-8(19-10)5-6(9(17)18)12-3-11-5/h3-4H,1-2H3,(H,11,12)(H,17,18). The summed E-state index contributed by atoms with van der Waals surface area (Å²) in [6.45, 7) is 3.99. The van der Waals surface area contributed by atoms with Crippen LogP contribution in [0.2, 0.25) is 0 Å². The van der Waals surface area contributed by atoms with Crippen LogP contribution in [0.25, 0.3) is 15.7 Å². The summed E-state index contributed by atoms with van der Waals surface area (Å²) in [7, 11) is 0. The van der Waals surface area contributed by atoms with Crippen molar-refractivity contribution < 1.29 is 9.90 Å². The minimum atomic E-state index is -1.09. The van der Waals surface area contributed by atoms with Crippen LogP contribution in [0.3, 0.4) is 0 Å². The Labute approximate surface area is 111 Å². The first-order valence-corrected chi connectivity index (χ1v) is 6.38. The molecule has 0 bridgehead atoms. The molecule has 98 valence electrons. The number of nitrogens with zero attached hydrogens (tertiary/aromatic N) is 5. The monoisotopic (exact) mass is 278 g/mol. The van der Waals surface area contributed by atoms with Crippen LogP contribution in [0.1, 0.15) is 36.1 Å². The molecule has 3 heterocycles. The van der Waals surface area contributed by atoms with Crippen LogP contribution in [0.5, 0.6) is 0 Å². The summed E-state index contributed by atoms with van der Waals surface area (Å²) in [5.41, 5.74) is 0.341. The Morgan fingerprint density at radius 1 is 1.47 bits per heavy atom. The number of carboxylic acids is 1. The van der Waals surface area contributed by atoms with E-state index < -0.39 is 5.97 Å². The molecular weight excluding hydrogens is 268 g/mol. The predicted octanol–water partition coefficient (Wildman–Crippen LogP) is 1.40. The van der Waals surface area contributed by atoms with Gasteiger partial charge in [0.15, 0.2) is 16.5 Å². The van der Waals surface area contributed by atoms with Crippen molar-refractivity contribution in [2.24, 2.45) is 0 Å². The third kappa shape index (κ3) is 1.78. The Balaban J connectivity index is 2.16. The first kappa shape index (κ1) is 11.8. The Hall–Kier alpha value is -2.29. The number of aromatic carboxylic acids is 1. The van der Waals surface area contributed by atoms with Gasteiger partial charge in [-0.25, -0.2) is 9.78 Å². The molecule has 8 nitrogen and oxygen atoms in total. The first-order valence-electron chi connectivity index (χ1n) is 5.57. The largest absolute Gasteiger partial charge is 0.476 e. The van der Waals surface area contributed by atoms with Gasteiger partial charge < -0.3 is 10.1 Å². The zero-order valence-electron chi connectivity index (χ0n) is 10.2. The molecule has 0 radical (unpaired) electrons. The van der Waals surface area contributed by atoms with E-state index in [9.17, 15) is 4.79 Å². The van der Waals surface area contributed by atoms with Crippen molar-refractivity contribution in [3.8, 4) is 10.7 Å². The number of rotatable bonds is 3. The van der Waals surface area contributed by atoms with Crippen LogP contribution in [-0.2, 0) is 0 Å². The van der Waals surface area contributed by atoms with E-state index in [1.54, 1.807) is 4.52 Å². The lowest BCUT2D eigenvalue weighted by Gasteiger charge is -1.97. The highest BCUT2D eigenvalue weighted by atomic mass is 32.1. The summed E-state index contributed by atoms with van der Waals surface area (Å²) >= 11 is 1.27. The summed E-state index contributed by atoms with van der Waals surface area (Å²) in [6.07, 6.45) is 1.34. The molecule has 19 heavy (non-hydrogen) atoms. The highest BCUT2D eigenvalue weighted by Gasteiger charge is 2.21. The van der Waals surface area contributed by atoms with E-state index >= 15 is 0 Å². The number of imidazole rings is 1. The molecule has 0 aliphatic heterocycles. The van der Waals surface area contributed by atoms with Gasteiger partial charge in [-0.1, -0.05) is 25.2 Å². The Morgan fingerprint density at radius 3 is 2.95 bits per heavy atom. The summed E-state index contributed by atoms with van der Waals surface area (Å²) in [6, 6.07) is 0. The molecule has 0 aromatic carbocycles. The van der Waals surface area contributed by atoms with E-state index in [-0.39, 0.29) is 11.6 Å². The third-order valence-electron chi connectivity index (χ3n) is 2.59. The molecule has 0 saturated carbocycles. The van der Waals surface area contributed by atoms with Crippen molar-refractivity contribution in [2.45, 2.75) is 19.8 Å². The minimum Gasteiger partial charge on any atom is -0.476 e. The fraction of sp³-hybridized carbons (Fsp3) is 0.300. The predicted molar refractivity (Wildman–Crippen MR) is 67.3 cm³/mol. The van der Waals surface area contributed by atoms with Gasteiger partial charge >= 0.3 is 5.97 Å². The van der Waals surface area contributed by atoms with Crippen molar-refractivity contribution in [3.63, 3.8) is 0 Å². The number of hydrogen-bond acceptors (Lipinski definition) is 6. The van der Waals surface area contributed by atoms with Crippen LogP contribution >= 0.6 is 11.3 Å². The number of nitrogens with one attached hydrogen (secondary N) is 1. The van der Waals surface area contributed by atoms with Gasteiger partial charge in [0.2, 0.25) is 4.96 Å². The topological polar surface area (TPSA) is 109 Å². The number of aromatic amines is 1. The van der Waals surface area contributed by atoms with Gasteiger partial charge in [0, 0.05) is 5.92 Å². The summed E-state index contributed by atoms with van der Waals surface area (Å²) < 4.78 is 1.64. The highest BCUT2D eigenvalue weighted by Crippen LogP contribution is 2.27. The molecule has 0 spiro atoms. The average Bonchev–Trinajstić information content (AvgIpc) is 3.01. The fourth-order valence-electron chi connectivity index (χ4n) is 1.71. The second kappa shape index (κ2) is 4.12. The molecule has 3 rings (SSSR count). The second-order valence-corrected chi connectivity index (χ2v) is 5.20.